The molecule has 0 atom stereocenters. The van der Waals surface area contributed by atoms with E-state index < -0.39 is 18.9 Å². The number of halogens is 3. The van der Waals surface area contributed by atoms with Crippen LogP contribution in [0.1, 0.15) is 30.5 Å². The van der Waals surface area contributed by atoms with Crippen molar-refractivity contribution in [3.63, 3.8) is 0 Å². The van der Waals surface area contributed by atoms with Crippen LogP contribution in [0.4, 0.5) is 18.9 Å². The molecule has 2 heterocycles. The van der Waals surface area contributed by atoms with E-state index in [0.29, 0.717) is 41.6 Å². The molecule has 0 spiro atoms. The second kappa shape index (κ2) is 15.3. The van der Waals surface area contributed by atoms with Gasteiger partial charge < -0.3 is 27.8 Å². The quantitative estimate of drug-likeness (QED) is 0.100. The summed E-state index contributed by atoms with van der Waals surface area (Å²) in [6.07, 6.45) is -4.73. The van der Waals surface area contributed by atoms with Crippen molar-refractivity contribution in [3.8, 4) is 28.6 Å². The monoisotopic (exact) mass is 719 g/mol. The Morgan fingerprint density at radius 1 is 0.804 bits per heavy atom. The normalized spacial score (nSPS) is 14.3. The van der Waals surface area contributed by atoms with Crippen molar-refractivity contribution >= 4 is 30.2 Å². The maximum Gasteiger partial charge on any atom is 0.494 e. The van der Waals surface area contributed by atoms with Crippen LogP contribution in [0.3, 0.4) is 0 Å². The van der Waals surface area contributed by atoms with Crippen molar-refractivity contribution < 1.29 is 36.7 Å². The van der Waals surface area contributed by atoms with Crippen molar-refractivity contribution in [2.24, 2.45) is 5.41 Å². The van der Waals surface area contributed by atoms with Gasteiger partial charge in [-0.05, 0) is 93.6 Å². The molecule has 266 valence electrons. The Balaban J connectivity index is 1.52. The Morgan fingerprint density at radius 2 is 1.35 bits per heavy atom. The molecule has 15 heteroatoms. The van der Waals surface area contributed by atoms with E-state index in [1.54, 1.807) is 62.0 Å². The van der Waals surface area contributed by atoms with Gasteiger partial charge in [-0.3, -0.25) is 0 Å². The third-order valence-electron chi connectivity index (χ3n) is 8.29. The number of hydrogen-bond acceptors (Lipinski definition) is 10. The number of methoxy groups -OCH3 is 3. The maximum absolute atomic E-state index is 15.1. The zero-order valence-electron chi connectivity index (χ0n) is 28.8. The van der Waals surface area contributed by atoms with Gasteiger partial charge in [0.05, 0.1) is 44.9 Å². The van der Waals surface area contributed by atoms with Gasteiger partial charge in [-0.15, -0.1) is 5.10 Å². The summed E-state index contributed by atoms with van der Waals surface area (Å²) in [5, 5.41) is 12.5. The minimum Gasteiger partial charge on any atom is -0.497 e. The van der Waals surface area contributed by atoms with E-state index in [-0.39, 0.29) is 34.8 Å². The summed E-state index contributed by atoms with van der Waals surface area (Å²) in [6, 6.07) is 24.3. The lowest BCUT2D eigenvalue weighted by Gasteiger charge is -2.34. The van der Waals surface area contributed by atoms with Gasteiger partial charge in [0.15, 0.2) is 5.82 Å². The zero-order chi connectivity index (χ0) is 36.2. The van der Waals surface area contributed by atoms with Crippen LogP contribution in [0, 0.1) is 5.41 Å². The third-order valence-corrected chi connectivity index (χ3v) is 9.46. The molecule has 0 unspecified atom stereocenters. The summed E-state index contributed by atoms with van der Waals surface area (Å²) in [7, 11) is 3.74. The SMILES string of the molecule is COc1ccc(CN(Sc2c(C(F)(F)F)ccc(B3OCC(C)(C)CO3)c2-c2nnnn2Cc2ccc(OC)cc2)c2ccc(OC)cc2)cc1. The van der Waals surface area contributed by atoms with E-state index in [1.165, 1.54) is 10.7 Å². The molecule has 1 aromatic heterocycles. The highest BCUT2D eigenvalue weighted by Crippen LogP contribution is 2.44. The van der Waals surface area contributed by atoms with Gasteiger partial charge in [0.1, 0.15) is 17.2 Å². The zero-order valence-corrected chi connectivity index (χ0v) is 29.6. The molecular weight excluding hydrogens is 682 g/mol. The molecule has 51 heavy (non-hydrogen) atoms. The molecule has 0 bridgehead atoms. The predicted octanol–water partition coefficient (Wildman–Crippen LogP) is 6.92. The molecular formula is C36H37BF3N5O5S. The van der Waals surface area contributed by atoms with E-state index >= 15 is 13.2 Å². The Labute approximate surface area is 299 Å². The number of benzene rings is 4. The van der Waals surface area contributed by atoms with Gasteiger partial charge in [0.25, 0.3) is 0 Å². The van der Waals surface area contributed by atoms with E-state index in [1.807, 2.05) is 50.2 Å². The van der Waals surface area contributed by atoms with E-state index in [4.69, 9.17) is 23.5 Å². The fourth-order valence-corrected chi connectivity index (χ4v) is 6.78. The number of hydrogen-bond donors (Lipinski definition) is 0. The fraction of sp³-hybridized carbons (Fsp3) is 0.306. The Kier molecular flexibility index (Phi) is 10.8. The number of anilines is 1. The smallest absolute Gasteiger partial charge is 0.494 e. The molecule has 0 amide bonds. The van der Waals surface area contributed by atoms with Crippen LogP contribution >= 0.6 is 11.9 Å². The summed E-state index contributed by atoms with van der Waals surface area (Å²) in [5.41, 5.74) is 1.71. The van der Waals surface area contributed by atoms with Crippen LogP contribution in [0.5, 0.6) is 17.2 Å². The summed E-state index contributed by atoms with van der Waals surface area (Å²) in [5.74, 6) is 2.07. The number of aromatic nitrogens is 4. The summed E-state index contributed by atoms with van der Waals surface area (Å²) in [4.78, 5) is -0.104. The summed E-state index contributed by atoms with van der Waals surface area (Å²) < 4.78 is 77.0. The second-order valence-corrected chi connectivity index (χ2v) is 13.7. The van der Waals surface area contributed by atoms with E-state index in [0.717, 1.165) is 29.1 Å². The molecule has 4 aromatic carbocycles. The van der Waals surface area contributed by atoms with Crippen molar-refractivity contribution in [2.75, 3.05) is 38.8 Å². The van der Waals surface area contributed by atoms with Crippen molar-refractivity contribution in [2.45, 2.75) is 38.0 Å². The van der Waals surface area contributed by atoms with Crippen LogP contribution in [0.25, 0.3) is 11.4 Å². The molecule has 10 nitrogen and oxygen atoms in total. The highest BCUT2D eigenvalue weighted by Gasteiger charge is 2.42. The highest BCUT2D eigenvalue weighted by molar-refractivity contribution is 8.00. The fourth-order valence-electron chi connectivity index (χ4n) is 5.54. The van der Waals surface area contributed by atoms with Crippen LogP contribution in [0.15, 0.2) is 89.8 Å². The van der Waals surface area contributed by atoms with Crippen molar-refractivity contribution in [1.29, 1.82) is 0 Å². The molecule has 1 aliphatic heterocycles. The first kappa shape index (κ1) is 36.1. The van der Waals surface area contributed by atoms with Gasteiger partial charge in [0, 0.05) is 29.9 Å². The largest absolute Gasteiger partial charge is 0.497 e. The van der Waals surface area contributed by atoms with Gasteiger partial charge in [-0.25, -0.2) is 4.68 Å². The van der Waals surface area contributed by atoms with Gasteiger partial charge >= 0.3 is 13.3 Å². The maximum atomic E-state index is 15.1. The number of rotatable bonds is 12. The number of tetrazole rings is 1. The first-order valence-corrected chi connectivity index (χ1v) is 16.8. The van der Waals surface area contributed by atoms with Crippen LogP contribution in [-0.4, -0.2) is 61.9 Å². The standard InChI is InChI=1S/C36H37BF3N5O5S/c1-35(2)22-49-37(50-23-35)31-19-18-30(36(38,39)40)33(32(31)34-41-42-43-44(34)20-24-6-12-27(46-3)13-7-24)51-45(26-10-16-29(48-5)17-11-26)21-25-8-14-28(47-4)15-9-25/h6-19H,20-23H2,1-5H3. The summed E-state index contributed by atoms with van der Waals surface area (Å²) >= 11 is 0.941. The molecule has 1 aliphatic rings. The number of alkyl halides is 3. The molecule has 1 saturated heterocycles. The molecule has 6 rings (SSSR count). The summed E-state index contributed by atoms with van der Waals surface area (Å²) in [6.45, 7) is 5.10. The van der Waals surface area contributed by atoms with E-state index in [9.17, 15) is 0 Å². The number of nitrogens with zero attached hydrogens (tertiary/aromatic N) is 5. The van der Waals surface area contributed by atoms with Crippen molar-refractivity contribution in [3.05, 3.63) is 102 Å². The molecule has 0 saturated carbocycles. The van der Waals surface area contributed by atoms with Crippen molar-refractivity contribution in [1.82, 2.24) is 20.2 Å². The Morgan fingerprint density at radius 3 is 1.90 bits per heavy atom. The van der Waals surface area contributed by atoms with Crippen LogP contribution < -0.4 is 24.0 Å². The lowest BCUT2D eigenvalue weighted by Crippen LogP contribution is -2.48. The average Bonchev–Trinajstić information content (AvgIpc) is 3.58. The van der Waals surface area contributed by atoms with Gasteiger partial charge in [0.2, 0.25) is 0 Å². The highest BCUT2D eigenvalue weighted by atomic mass is 32.2. The van der Waals surface area contributed by atoms with Gasteiger partial charge in [-0.1, -0.05) is 44.2 Å². The minimum absolute atomic E-state index is 0.104. The number of ether oxygens (including phenoxy) is 3. The average molecular weight is 720 g/mol. The first-order chi connectivity index (χ1) is 24.5. The molecule has 5 aromatic rings. The second-order valence-electron chi connectivity index (χ2n) is 12.7. The predicted molar refractivity (Wildman–Crippen MR) is 189 cm³/mol. The lowest BCUT2D eigenvalue weighted by molar-refractivity contribution is -0.139. The molecule has 0 radical (unpaired) electrons. The molecule has 0 N–H and O–H groups in total. The third kappa shape index (κ3) is 8.43. The topological polar surface area (TPSA) is 93.0 Å². The van der Waals surface area contributed by atoms with Gasteiger partial charge in [-0.2, -0.15) is 13.2 Å². The van der Waals surface area contributed by atoms with Crippen LogP contribution in [0.2, 0.25) is 0 Å². The van der Waals surface area contributed by atoms with E-state index in [2.05, 4.69) is 15.5 Å². The molecule has 0 aliphatic carbocycles. The van der Waals surface area contributed by atoms with Crippen LogP contribution in [-0.2, 0) is 28.6 Å². The first-order valence-electron chi connectivity index (χ1n) is 16.1. The lowest BCUT2D eigenvalue weighted by atomic mass is 9.72. The Bertz CT molecular complexity index is 1920. The Hall–Kier alpha value is -4.73. The molecule has 1 fully saturated rings. The minimum atomic E-state index is -4.73.